The smallest absolute Gasteiger partial charge is 0.257 e. The molecule has 0 aliphatic carbocycles. The highest BCUT2D eigenvalue weighted by Gasteiger charge is 2.16. The molecule has 0 saturated heterocycles. The van der Waals surface area contributed by atoms with Gasteiger partial charge in [-0.05, 0) is 55.5 Å². The summed E-state index contributed by atoms with van der Waals surface area (Å²) < 4.78 is 8.86. The third kappa shape index (κ3) is 4.14. The molecule has 146 valence electrons. The number of nitrogens with zero attached hydrogens (tertiary/aromatic N) is 3. The average molecular weight is 451 g/mol. The fraction of sp³-hybridized carbons (Fsp3) is 0.136. The minimum absolute atomic E-state index is 0.260. The summed E-state index contributed by atoms with van der Waals surface area (Å²) in [7, 11) is 0. The third-order valence-corrected chi connectivity index (χ3v) is 5.03. The number of hydrogen-bond donors (Lipinski definition) is 1. The molecule has 1 N–H and O–H groups in total. The van der Waals surface area contributed by atoms with Crippen molar-refractivity contribution in [1.29, 1.82) is 0 Å². The van der Waals surface area contributed by atoms with E-state index in [4.69, 9.17) is 4.74 Å². The predicted octanol–water partition coefficient (Wildman–Crippen LogP) is 4.94. The number of imidazole rings is 1. The summed E-state index contributed by atoms with van der Waals surface area (Å²) in [4.78, 5) is 21.7. The van der Waals surface area contributed by atoms with E-state index in [1.54, 1.807) is 18.3 Å². The number of halogens is 1. The number of pyridine rings is 1. The molecule has 0 aliphatic rings. The Hall–Kier alpha value is -3.19. The number of rotatable bonds is 6. The Morgan fingerprint density at radius 3 is 2.69 bits per heavy atom. The van der Waals surface area contributed by atoms with Crippen LogP contribution in [0.25, 0.3) is 11.0 Å². The molecule has 4 rings (SSSR count). The first-order valence-electron chi connectivity index (χ1n) is 9.26. The maximum Gasteiger partial charge on any atom is 0.257 e. The number of aromatic nitrogens is 3. The first kappa shape index (κ1) is 19.1. The van der Waals surface area contributed by atoms with Crippen LogP contribution in [0.3, 0.4) is 0 Å². The Labute approximate surface area is 176 Å². The zero-order chi connectivity index (χ0) is 20.2. The second kappa shape index (κ2) is 8.45. The van der Waals surface area contributed by atoms with Crippen LogP contribution < -0.4 is 10.1 Å². The van der Waals surface area contributed by atoms with Gasteiger partial charge in [0.2, 0.25) is 5.88 Å². The van der Waals surface area contributed by atoms with Crippen LogP contribution in [0.1, 0.15) is 23.1 Å². The minimum atomic E-state index is -0.264. The van der Waals surface area contributed by atoms with E-state index in [1.165, 1.54) is 0 Å². The zero-order valence-corrected chi connectivity index (χ0v) is 17.4. The van der Waals surface area contributed by atoms with Gasteiger partial charge in [-0.15, -0.1) is 0 Å². The van der Waals surface area contributed by atoms with Crippen molar-refractivity contribution in [2.45, 2.75) is 20.0 Å². The second-order valence-electron chi connectivity index (χ2n) is 6.36. The molecule has 4 aromatic rings. The monoisotopic (exact) mass is 450 g/mol. The highest BCUT2D eigenvalue weighted by molar-refractivity contribution is 9.10. The maximum absolute atomic E-state index is 12.8. The average Bonchev–Trinajstić information content (AvgIpc) is 3.11. The fourth-order valence-corrected chi connectivity index (χ4v) is 3.39. The van der Waals surface area contributed by atoms with Gasteiger partial charge in [-0.2, -0.15) is 0 Å². The van der Waals surface area contributed by atoms with Crippen molar-refractivity contribution in [3.63, 3.8) is 0 Å². The fourth-order valence-electron chi connectivity index (χ4n) is 3.13. The Balaban J connectivity index is 1.53. The van der Waals surface area contributed by atoms with Gasteiger partial charge in [0.1, 0.15) is 17.1 Å². The van der Waals surface area contributed by atoms with E-state index < -0.39 is 0 Å². The van der Waals surface area contributed by atoms with Crippen LogP contribution in [0.4, 0.5) is 0 Å². The predicted molar refractivity (Wildman–Crippen MR) is 115 cm³/mol. The number of ether oxygens (including phenoxy) is 1. The number of amides is 1. The molecule has 2 heterocycles. The van der Waals surface area contributed by atoms with Crippen molar-refractivity contribution >= 4 is 32.9 Å². The van der Waals surface area contributed by atoms with E-state index >= 15 is 0 Å². The summed E-state index contributed by atoms with van der Waals surface area (Å²) in [6, 6.07) is 18.7. The number of para-hydroxylation sites is 2. The van der Waals surface area contributed by atoms with Crippen LogP contribution in [0.2, 0.25) is 0 Å². The molecular weight excluding hydrogens is 432 g/mol. The number of aryl methyl sites for hydroxylation is 1. The summed E-state index contributed by atoms with van der Waals surface area (Å²) in [5.41, 5.74) is 2.34. The third-order valence-electron chi connectivity index (χ3n) is 4.50. The highest BCUT2D eigenvalue weighted by Crippen LogP contribution is 2.24. The van der Waals surface area contributed by atoms with E-state index in [2.05, 4.69) is 42.7 Å². The lowest BCUT2D eigenvalue weighted by Gasteiger charge is -2.11. The lowest BCUT2D eigenvalue weighted by Crippen LogP contribution is -2.25. The van der Waals surface area contributed by atoms with Gasteiger partial charge in [-0.3, -0.25) is 4.79 Å². The van der Waals surface area contributed by atoms with Crippen LogP contribution >= 0.6 is 15.9 Å². The van der Waals surface area contributed by atoms with E-state index in [-0.39, 0.29) is 11.8 Å². The van der Waals surface area contributed by atoms with E-state index in [1.807, 2.05) is 48.5 Å². The molecule has 1 amide bonds. The molecular formula is C22H19BrN4O2. The molecule has 29 heavy (non-hydrogen) atoms. The lowest BCUT2D eigenvalue weighted by atomic mass is 10.2. The first-order valence-corrected chi connectivity index (χ1v) is 10.1. The summed E-state index contributed by atoms with van der Waals surface area (Å²) in [6.07, 6.45) is 1.60. The number of carbonyl (C=O) groups excluding carboxylic acids is 1. The van der Waals surface area contributed by atoms with Gasteiger partial charge in [-0.1, -0.05) is 28.1 Å². The SMILES string of the molecule is CCn1c(CNC(=O)c2cccnc2Oc2ccc(Br)cc2)nc2ccccc21. The maximum atomic E-state index is 12.8. The molecule has 2 aromatic carbocycles. The Morgan fingerprint density at radius 1 is 1.10 bits per heavy atom. The van der Waals surface area contributed by atoms with Crippen molar-refractivity contribution in [3.05, 3.63) is 82.7 Å². The normalized spacial score (nSPS) is 10.8. The van der Waals surface area contributed by atoms with E-state index in [0.29, 0.717) is 17.9 Å². The summed E-state index contributed by atoms with van der Waals surface area (Å²) in [5.74, 6) is 1.41. The van der Waals surface area contributed by atoms with Gasteiger partial charge < -0.3 is 14.6 Å². The van der Waals surface area contributed by atoms with Crippen molar-refractivity contribution in [1.82, 2.24) is 19.9 Å². The van der Waals surface area contributed by atoms with E-state index in [9.17, 15) is 4.79 Å². The van der Waals surface area contributed by atoms with Gasteiger partial charge in [0, 0.05) is 17.2 Å². The van der Waals surface area contributed by atoms with Crippen LogP contribution in [-0.2, 0) is 13.1 Å². The lowest BCUT2D eigenvalue weighted by molar-refractivity contribution is 0.0946. The Morgan fingerprint density at radius 2 is 1.90 bits per heavy atom. The van der Waals surface area contributed by atoms with Crippen molar-refractivity contribution in [3.8, 4) is 11.6 Å². The molecule has 0 saturated carbocycles. The summed E-state index contributed by atoms with van der Waals surface area (Å²) in [6.45, 7) is 3.15. The topological polar surface area (TPSA) is 69.0 Å². The van der Waals surface area contributed by atoms with Crippen molar-refractivity contribution < 1.29 is 9.53 Å². The Bertz CT molecular complexity index is 1160. The first-order chi connectivity index (χ1) is 14.2. The standard InChI is InChI=1S/C22H19BrN4O2/c1-2-27-19-8-4-3-7-18(19)26-20(27)14-25-21(28)17-6-5-13-24-22(17)29-16-11-9-15(23)10-12-16/h3-13H,2,14H2,1H3,(H,25,28). The molecule has 0 radical (unpaired) electrons. The number of nitrogens with one attached hydrogen (secondary N) is 1. The molecule has 6 nitrogen and oxygen atoms in total. The molecule has 0 fully saturated rings. The van der Waals surface area contributed by atoms with E-state index in [0.717, 1.165) is 27.9 Å². The summed E-state index contributed by atoms with van der Waals surface area (Å²) >= 11 is 3.39. The highest BCUT2D eigenvalue weighted by atomic mass is 79.9. The van der Waals surface area contributed by atoms with Crippen molar-refractivity contribution in [2.24, 2.45) is 0 Å². The summed E-state index contributed by atoms with van der Waals surface area (Å²) in [5, 5.41) is 2.94. The van der Waals surface area contributed by atoms with Crippen molar-refractivity contribution in [2.75, 3.05) is 0 Å². The molecule has 0 spiro atoms. The van der Waals surface area contributed by atoms with Crippen LogP contribution in [0.5, 0.6) is 11.6 Å². The molecule has 0 bridgehead atoms. The number of hydrogen-bond acceptors (Lipinski definition) is 4. The van der Waals surface area contributed by atoms with Gasteiger partial charge >= 0.3 is 0 Å². The van der Waals surface area contributed by atoms with Gasteiger partial charge in [-0.25, -0.2) is 9.97 Å². The Kier molecular flexibility index (Phi) is 5.57. The molecule has 0 atom stereocenters. The van der Waals surface area contributed by atoms with Gasteiger partial charge in [0.15, 0.2) is 0 Å². The molecule has 0 unspecified atom stereocenters. The zero-order valence-electron chi connectivity index (χ0n) is 15.8. The minimum Gasteiger partial charge on any atom is -0.438 e. The number of fused-ring (bicyclic) bond motifs is 1. The number of carbonyl (C=O) groups is 1. The van der Waals surface area contributed by atoms with Crippen LogP contribution in [-0.4, -0.2) is 20.4 Å². The van der Waals surface area contributed by atoms with Crippen LogP contribution in [0.15, 0.2) is 71.3 Å². The van der Waals surface area contributed by atoms with Gasteiger partial charge in [0.05, 0.1) is 17.6 Å². The van der Waals surface area contributed by atoms with Gasteiger partial charge in [0.25, 0.3) is 5.91 Å². The van der Waals surface area contributed by atoms with Crippen LogP contribution in [0, 0.1) is 0 Å². The quantitative estimate of drug-likeness (QED) is 0.451. The second-order valence-corrected chi connectivity index (χ2v) is 7.27. The molecule has 2 aromatic heterocycles. The largest absolute Gasteiger partial charge is 0.438 e. The molecule has 7 heteroatoms. The number of benzene rings is 2. The molecule has 0 aliphatic heterocycles.